The van der Waals surface area contributed by atoms with Gasteiger partial charge in [-0.05, 0) is 43.5 Å². The van der Waals surface area contributed by atoms with Crippen molar-refractivity contribution in [3.05, 3.63) is 65.5 Å². The molecule has 0 radical (unpaired) electrons. The molecule has 0 spiro atoms. The van der Waals surface area contributed by atoms with Crippen LogP contribution in [-0.4, -0.2) is 42.5 Å². The number of hydrogen-bond acceptors (Lipinski definition) is 3. The van der Waals surface area contributed by atoms with Crippen molar-refractivity contribution in [3.8, 4) is 5.75 Å². The van der Waals surface area contributed by atoms with Crippen molar-refractivity contribution in [3.63, 3.8) is 0 Å². The zero-order valence-electron chi connectivity index (χ0n) is 18.2. The molecule has 0 bridgehead atoms. The zero-order valence-corrected chi connectivity index (χ0v) is 18.2. The van der Waals surface area contributed by atoms with Crippen molar-refractivity contribution in [1.82, 2.24) is 15.5 Å². The Labute approximate surface area is 183 Å². The molecule has 0 aliphatic carbocycles. The summed E-state index contributed by atoms with van der Waals surface area (Å²) in [7, 11) is 0. The van der Waals surface area contributed by atoms with Crippen LogP contribution < -0.4 is 15.4 Å². The molecule has 0 fully saturated rings. The van der Waals surface area contributed by atoms with Crippen LogP contribution in [0, 0.1) is 5.82 Å². The first kappa shape index (κ1) is 22.6. The number of fused-ring (bicyclic) bond motifs is 1. The van der Waals surface area contributed by atoms with Crippen molar-refractivity contribution >= 4 is 11.9 Å². The fraction of sp³-hybridized carbons (Fsp3) is 0.417. The van der Waals surface area contributed by atoms with Crippen molar-refractivity contribution < 1.29 is 13.9 Å². The van der Waals surface area contributed by atoms with Gasteiger partial charge in [-0.1, -0.05) is 36.4 Å². The molecule has 31 heavy (non-hydrogen) atoms. The van der Waals surface area contributed by atoms with Gasteiger partial charge in [0.1, 0.15) is 6.10 Å². The van der Waals surface area contributed by atoms with Crippen LogP contribution in [0.5, 0.6) is 5.75 Å². The van der Waals surface area contributed by atoms with Gasteiger partial charge in [0.05, 0.1) is 6.54 Å². The maximum Gasteiger partial charge on any atom is 0.223 e. The highest BCUT2D eigenvalue weighted by Crippen LogP contribution is 2.22. The maximum atomic E-state index is 13.7. The van der Waals surface area contributed by atoms with E-state index in [4.69, 9.17) is 4.74 Å². The summed E-state index contributed by atoms with van der Waals surface area (Å²) in [6, 6.07) is 14.5. The van der Waals surface area contributed by atoms with Crippen molar-refractivity contribution in [2.45, 2.75) is 45.9 Å². The maximum absolute atomic E-state index is 13.7. The number of hydrogen-bond donors (Lipinski definition) is 2. The summed E-state index contributed by atoms with van der Waals surface area (Å²) in [6.45, 7) is 6.99. The Morgan fingerprint density at radius 2 is 1.81 bits per heavy atom. The van der Waals surface area contributed by atoms with Crippen molar-refractivity contribution in [2.75, 3.05) is 19.6 Å². The van der Waals surface area contributed by atoms with E-state index in [9.17, 15) is 9.18 Å². The third kappa shape index (κ3) is 6.70. The van der Waals surface area contributed by atoms with Crippen molar-refractivity contribution in [1.29, 1.82) is 0 Å². The molecule has 166 valence electrons. The molecule has 2 aromatic rings. The van der Waals surface area contributed by atoms with E-state index in [2.05, 4.69) is 27.8 Å². The Balaban J connectivity index is 1.40. The minimum Gasteiger partial charge on any atom is -0.486 e. The van der Waals surface area contributed by atoms with Crippen LogP contribution in [0.1, 0.15) is 37.8 Å². The topological polar surface area (TPSA) is 66.0 Å². The Kier molecular flexibility index (Phi) is 8.27. The van der Waals surface area contributed by atoms with E-state index in [1.807, 2.05) is 30.9 Å². The second-order valence-electron chi connectivity index (χ2n) is 7.63. The third-order valence-electron chi connectivity index (χ3n) is 5.07. The number of guanidine groups is 1. The second-order valence-corrected chi connectivity index (χ2v) is 7.63. The van der Waals surface area contributed by atoms with E-state index in [1.54, 1.807) is 18.2 Å². The van der Waals surface area contributed by atoms with E-state index < -0.39 is 0 Å². The Bertz CT molecular complexity index is 878. The number of amides is 1. The summed E-state index contributed by atoms with van der Waals surface area (Å²) in [5.74, 6) is 0.680. The number of carbonyl (C=O) groups excluding carboxylic acids is 1. The number of nitrogens with one attached hydrogen (secondary N) is 2. The normalized spacial score (nSPS) is 14.2. The van der Waals surface area contributed by atoms with Gasteiger partial charge in [-0.2, -0.15) is 0 Å². The molecule has 1 amide bonds. The lowest BCUT2D eigenvalue weighted by Crippen LogP contribution is -2.39. The van der Waals surface area contributed by atoms with Crippen LogP contribution in [0.15, 0.2) is 53.5 Å². The molecule has 1 heterocycles. The minimum atomic E-state index is -0.380. The average molecular weight is 427 g/mol. The smallest absolute Gasteiger partial charge is 0.223 e. The van der Waals surface area contributed by atoms with Gasteiger partial charge in [0.25, 0.3) is 0 Å². The lowest BCUT2D eigenvalue weighted by Gasteiger charge is -2.17. The highest BCUT2D eigenvalue weighted by molar-refractivity contribution is 5.80. The van der Waals surface area contributed by atoms with Gasteiger partial charge in [0.15, 0.2) is 17.5 Å². The second kappa shape index (κ2) is 11.3. The summed E-state index contributed by atoms with van der Waals surface area (Å²) in [5, 5.41) is 6.44. The summed E-state index contributed by atoms with van der Waals surface area (Å²) in [4.78, 5) is 18.9. The number of ether oxygens (including phenoxy) is 1. The Morgan fingerprint density at radius 3 is 2.48 bits per heavy atom. The summed E-state index contributed by atoms with van der Waals surface area (Å²) >= 11 is 0. The van der Waals surface area contributed by atoms with Crippen LogP contribution >= 0.6 is 0 Å². The van der Waals surface area contributed by atoms with Gasteiger partial charge >= 0.3 is 0 Å². The van der Waals surface area contributed by atoms with E-state index in [1.165, 1.54) is 17.2 Å². The molecule has 1 atom stereocenters. The van der Waals surface area contributed by atoms with Gasteiger partial charge in [-0.25, -0.2) is 9.38 Å². The molecule has 1 aliphatic rings. The predicted molar refractivity (Wildman–Crippen MR) is 120 cm³/mol. The molecule has 2 N–H and O–H groups in total. The van der Waals surface area contributed by atoms with Gasteiger partial charge in [-0.15, -0.1) is 0 Å². The fourth-order valence-corrected chi connectivity index (χ4v) is 3.47. The largest absolute Gasteiger partial charge is 0.486 e. The lowest BCUT2D eigenvalue weighted by atomic mass is 10.1. The van der Waals surface area contributed by atoms with E-state index in [-0.39, 0.29) is 23.6 Å². The molecule has 6 nitrogen and oxygen atoms in total. The van der Waals surface area contributed by atoms with E-state index in [0.717, 1.165) is 13.0 Å². The summed E-state index contributed by atoms with van der Waals surface area (Å²) in [6.07, 6.45) is 0.940. The van der Waals surface area contributed by atoms with Gasteiger partial charge in [0.2, 0.25) is 5.91 Å². The van der Waals surface area contributed by atoms with Gasteiger partial charge < -0.3 is 20.3 Å². The number of benzene rings is 2. The van der Waals surface area contributed by atoms with E-state index in [0.29, 0.717) is 38.6 Å². The summed E-state index contributed by atoms with van der Waals surface area (Å²) < 4.78 is 19.3. The molecule has 7 heteroatoms. The first-order valence-electron chi connectivity index (χ1n) is 10.8. The number of aliphatic imine (C=N–C) groups is 1. The summed E-state index contributed by atoms with van der Waals surface area (Å²) in [5.41, 5.74) is 2.48. The molecule has 0 saturated carbocycles. The van der Waals surface area contributed by atoms with Crippen LogP contribution in [0.2, 0.25) is 0 Å². The first-order valence-corrected chi connectivity index (χ1v) is 10.8. The van der Waals surface area contributed by atoms with Crippen LogP contribution in [0.3, 0.4) is 0 Å². The van der Waals surface area contributed by atoms with Crippen molar-refractivity contribution in [2.24, 2.45) is 4.99 Å². The van der Waals surface area contributed by atoms with Crippen LogP contribution in [0.25, 0.3) is 0 Å². The molecule has 0 aromatic heterocycles. The molecule has 1 aliphatic heterocycles. The molecular formula is C24H31FN4O2. The Morgan fingerprint density at radius 1 is 1.13 bits per heavy atom. The van der Waals surface area contributed by atoms with Crippen LogP contribution in [-0.2, 0) is 17.9 Å². The van der Waals surface area contributed by atoms with Gasteiger partial charge in [-0.3, -0.25) is 4.79 Å². The molecule has 3 rings (SSSR count). The number of nitrogens with zero attached hydrogens (tertiary/aromatic N) is 2. The SMILES string of the molecule is CCNC(=NCC(C)Oc1ccccc1F)NCCCC(=O)N1Cc2ccccc2C1. The monoisotopic (exact) mass is 426 g/mol. The molecule has 0 saturated heterocycles. The standard InChI is InChI=1S/C24H31FN4O2/c1-3-26-24(28-15-18(2)31-22-12-7-6-11-21(22)25)27-14-8-13-23(30)29-16-19-9-4-5-10-20(19)17-29/h4-7,9-12,18H,3,8,13-17H2,1-2H3,(H2,26,27,28). The quantitative estimate of drug-likeness (QED) is 0.366. The highest BCUT2D eigenvalue weighted by Gasteiger charge is 2.22. The number of carbonyl (C=O) groups is 1. The zero-order chi connectivity index (χ0) is 22.1. The number of para-hydroxylation sites is 1. The number of halogens is 1. The minimum absolute atomic E-state index is 0.173. The first-order chi connectivity index (χ1) is 15.1. The molecular weight excluding hydrogens is 395 g/mol. The average Bonchev–Trinajstić information content (AvgIpc) is 3.21. The van der Waals surface area contributed by atoms with E-state index >= 15 is 0 Å². The Hall–Kier alpha value is -3.09. The lowest BCUT2D eigenvalue weighted by molar-refractivity contribution is -0.131. The highest BCUT2D eigenvalue weighted by atomic mass is 19.1. The van der Waals surface area contributed by atoms with Crippen LogP contribution in [0.4, 0.5) is 4.39 Å². The molecule has 2 aromatic carbocycles. The predicted octanol–water partition coefficient (Wildman–Crippen LogP) is 3.47. The molecule has 1 unspecified atom stereocenters. The van der Waals surface area contributed by atoms with Gasteiger partial charge in [0, 0.05) is 32.6 Å². The third-order valence-corrected chi connectivity index (χ3v) is 5.07. The fourth-order valence-electron chi connectivity index (χ4n) is 3.47. The number of rotatable bonds is 9.